The van der Waals surface area contributed by atoms with E-state index in [2.05, 4.69) is 27.9 Å². The number of ether oxygens (including phenoxy) is 1. The Bertz CT molecular complexity index is 1130. The molecule has 1 N–H and O–H groups in total. The van der Waals surface area contributed by atoms with Crippen LogP contribution in [-0.4, -0.2) is 35.4 Å². The molecule has 4 rings (SSSR count). The first kappa shape index (κ1) is 26.2. The number of hydrogen-bond acceptors (Lipinski definition) is 3. The van der Waals surface area contributed by atoms with E-state index >= 15 is 0 Å². The number of carbonyl (C=O) groups excluding carboxylic acids is 2. The molecule has 0 aliphatic heterocycles. The highest BCUT2D eigenvalue weighted by Gasteiger charge is 2.32. The van der Waals surface area contributed by atoms with Crippen LogP contribution in [0.15, 0.2) is 78.9 Å². The van der Waals surface area contributed by atoms with Crippen molar-refractivity contribution in [2.45, 2.75) is 57.7 Å². The highest BCUT2D eigenvalue weighted by molar-refractivity contribution is 14.1. The van der Waals surface area contributed by atoms with Crippen molar-refractivity contribution in [2.24, 2.45) is 0 Å². The standard InChI is InChI=1S/C30H33IN2O3/c1-22-11-13-24(14-12-22)20-33(29(34)21-36-27-17-15-25(31)16-18-27)28(19-23-7-3-2-4-8-23)30(35)32-26-9-5-6-10-26/h2-4,7-8,11-18,26,28H,5-6,9-10,19-21H2,1H3,(H,32,35). The van der Waals surface area contributed by atoms with E-state index in [1.54, 1.807) is 4.90 Å². The Labute approximate surface area is 227 Å². The van der Waals surface area contributed by atoms with Crippen molar-refractivity contribution >= 4 is 34.4 Å². The molecule has 188 valence electrons. The summed E-state index contributed by atoms with van der Waals surface area (Å²) in [5.41, 5.74) is 3.15. The van der Waals surface area contributed by atoms with Gasteiger partial charge in [0, 0.05) is 22.6 Å². The van der Waals surface area contributed by atoms with E-state index in [4.69, 9.17) is 4.74 Å². The number of carbonyl (C=O) groups is 2. The van der Waals surface area contributed by atoms with E-state index in [9.17, 15) is 9.59 Å². The largest absolute Gasteiger partial charge is 0.484 e. The van der Waals surface area contributed by atoms with Gasteiger partial charge in [0.05, 0.1) is 0 Å². The van der Waals surface area contributed by atoms with E-state index in [-0.39, 0.29) is 24.5 Å². The second kappa shape index (κ2) is 12.9. The van der Waals surface area contributed by atoms with Crippen LogP contribution >= 0.6 is 22.6 Å². The highest BCUT2D eigenvalue weighted by Crippen LogP contribution is 2.21. The van der Waals surface area contributed by atoms with Gasteiger partial charge < -0.3 is 15.0 Å². The van der Waals surface area contributed by atoms with Crippen LogP contribution in [0.25, 0.3) is 0 Å². The van der Waals surface area contributed by atoms with Crippen molar-refractivity contribution in [1.29, 1.82) is 0 Å². The van der Waals surface area contributed by atoms with Crippen LogP contribution in [0.4, 0.5) is 0 Å². The SMILES string of the molecule is Cc1ccc(CN(C(=O)COc2ccc(I)cc2)C(Cc2ccccc2)C(=O)NC2CCCC2)cc1. The summed E-state index contributed by atoms with van der Waals surface area (Å²) >= 11 is 2.23. The number of nitrogens with one attached hydrogen (secondary N) is 1. The topological polar surface area (TPSA) is 58.6 Å². The zero-order valence-electron chi connectivity index (χ0n) is 20.7. The van der Waals surface area contributed by atoms with Crippen LogP contribution in [0.3, 0.4) is 0 Å². The first-order chi connectivity index (χ1) is 17.5. The molecule has 0 heterocycles. The number of nitrogens with zero attached hydrogens (tertiary/aromatic N) is 1. The van der Waals surface area contributed by atoms with Gasteiger partial charge in [0.2, 0.25) is 5.91 Å². The molecule has 2 amide bonds. The molecule has 3 aromatic rings. The molecule has 0 aromatic heterocycles. The van der Waals surface area contributed by atoms with Crippen molar-refractivity contribution in [3.63, 3.8) is 0 Å². The Kier molecular flexibility index (Phi) is 9.39. The number of rotatable bonds is 10. The Morgan fingerprint density at radius 3 is 2.28 bits per heavy atom. The van der Waals surface area contributed by atoms with E-state index < -0.39 is 6.04 Å². The van der Waals surface area contributed by atoms with Gasteiger partial charge in [-0.15, -0.1) is 0 Å². The van der Waals surface area contributed by atoms with Gasteiger partial charge in [0.25, 0.3) is 5.91 Å². The summed E-state index contributed by atoms with van der Waals surface area (Å²) in [6.45, 7) is 2.24. The lowest BCUT2D eigenvalue weighted by molar-refractivity contribution is -0.143. The monoisotopic (exact) mass is 596 g/mol. The molecule has 0 radical (unpaired) electrons. The van der Waals surface area contributed by atoms with Gasteiger partial charge in [0.1, 0.15) is 11.8 Å². The average Bonchev–Trinajstić information content (AvgIpc) is 3.40. The fourth-order valence-corrected chi connectivity index (χ4v) is 4.93. The van der Waals surface area contributed by atoms with E-state index in [0.29, 0.717) is 18.7 Å². The number of hydrogen-bond donors (Lipinski definition) is 1. The van der Waals surface area contributed by atoms with Crippen LogP contribution in [0.1, 0.15) is 42.4 Å². The van der Waals surface area contributed by atoms with Gasteiger partial charge in [-0.2, -0.15) is 0 Å². The first-order valence-corrected chi connectivity index (χ1v) is 13.6. The molecule has 1 fully saturated rings. The molecule has 1 aliphatic rings. The second-order valence-corrected chi connectivity index (χ2v) is 10.7. The second-order valence-electron chi connectivity index (χ2n) is 9.45. The van der Waals surface area contributed by atoms with Gasteiger partial charge in [-0.1, -0.05) is 73.0 Å². The zero-order valence-corrected chi connectivity index (χ0v) is 22.8. The summed E-state index contributed by atoms with van der Waals surface area (Å²) in [7, 11) is 0. The average molecular weight is 597 g/mol. The van der Waals surface area contributed by atoms with Gasteiger partial charge in [-0.25, -0.2) is 0 Å². The molecular formula is C30H33IN2O3. The third-order valence-corrected chi connectivity index (χ3v) is 7.34. The Balaban J connectivity index is 1.59. The summed E-state index contributed by atoms with van der Waals surface area (Å²) in [4.78, 5) is 29.0. The van der Waals surface area contributed by atoms with Crippen LogP contribution < -0.4 is 10.1 Å². The summed E-state index contributed by atoms with van der Waals surface area (Å²) in [6, 6.07) is 25.1. The lowest BCUT2D eigenvalue weighted by Crippen LogP contribution is -2.53. The van der Waals surface area contributed by atoms with Crippen molar-refractivity contribution in [2.75, 3.05) is 6.61 Å². The van der Waals surface area contributed by atoms with Crippen molar-refractivity contribution < 1.29 is 14.3 Å². The number of benzene rings is 3. The molecule has 3 aromatic carbocycles. The minimum atomic E-state index is -0.637. The maximum absolute atomic E-state index is 13.7. The van der Waals surface area contributed by atoms with Gasteiger partial charge >= 0.3 is 0 Å². The fourth-order valence-electron chi connectivity index (χ4n) is 4.57. The fraction of sp³-hybridized carbons (Fsp3) is 0.333. The van der Waals surface area contributed by atoms with Gasteiger partial charge in [0.15, 0.2) is 6.61 Å². The molecule has 36 heavy (non-hydrogen) atoms. The van der Waals surface area contributed by atoms with E-state index in [1.165, 1.54) is 0 Å². The number of halogens is 1. The molecule has 1 atom stereocenters. The van der Waals surface area contributed by atoms with Crippen LogP contribution in [0, 0.1) is 10.5 Å². The van der Waals surface area contributed by atoms with Crippen LogP contribution in [-0.2, 0) is 22.6 Å². The predicted octanol–water partition coefficient (Wildman–Crippen LogP) is 5.68. The molecule has 0 saturated heterocycles. The molecule has 6 heteroatoms. The van der Waals surface area contributed by atoms with E-state index in [0.717, 1.165) is 45.9 Å². The van der Waals surface area contributed by atoms with Crippen molar-refractivity contribution in [3.05, 3.63) is 99.1 Å². The first-order valence-electron chi connectivity index (χ1n) is 12.6. The van der Waals surface area contributed by atoms with Crippen LogP contribution in [0.5, 0.6) is 5.75 Å². The van der Waals surface area contributed by atoms with Crippen molar-refractivity contribution in [3.8, 4) is 5.75 Å². The Morgan fingerprint density at radius 1 is 0.944 bits per heavy atom. The Hall–Kier alpha value is -2.87. The van der Waals surface area contributed by atoms with Gasteiger partial charge in [-0.05, 0) is 77.7 Å². The van der Waals surface area contributed by atoms with E-state index in [1.807, 2.05) is 85.8 Å². The molecular weight excluding hydrogens is 563 g/mol. The summed E-state index contributed by atoms with van der Waals surface area (Å²) in [6.07, 6.45) is 4.69. The molecule has 1 unspecified atom stereocenters. The molecule has 1 aliphatic carbocycles. The smallest absolute Gasteiger partial charge is 0.261 e. The predicted molar refractivity (Wildman–Crippen MR) is 151 cm³/mol. The van der Waals surface area contributed by atoms with Crippen LogP contribution in [0.2, 0.25) is 0 Å². The highest BCUT2D eigenvalue weighted by atomic mass is 127. The maximum Gasteiger partial charge on any atom is 0.261 e. The normalized spacial score (nSPS) is 14.3. The third-order valence-electron chi connectivity index (χ3n) is 6.62. The molecule has 0 bridgehead atoms. The molecule has 5 nitrogen and oxygen atoms in total. The quantitative estimate of drug-likeness (QED) is 0.307. The minimum Gasteiger partial charge on any atom is -0.484 e. The van der Waals surface area contributed by atoms with Crippen molar-refractivity contribution in [1.82, 2.24) is 10.2 Å². The Morgan fingerprint density at radius 2 is 1.61 bits per heavy atom. The summed E-state index contributed by atoms with van der Waals surface area (Å²) in [5.74, 6) is 0.325. The minimum absolute atomic E-state index is 0.0968. The lowest BCUT2D eigenvalue weighted by atomic mass is 10.0. The maximum atomic E-state index is 13.7. The zero-order chi connectivity index (χ0) is 25.3. The van der Waals surface area contributed by atoms with Gasteiger partial charge in [-0.3, -0.25) is 9.59 Å². The number of amides is 2. The third kappa shape index (κ3) is 7.56. The molecule has 0 spiro atoms. The summed E-state index contributed by atoms with van der Waals surface area (Å²) in [5, 5.41) is 3.23. The summed E-state index contributed by atoms with van der Waals surface area (Å²) < 4.78 is 6.94. The number of aryl methyl sites for hydroxylation is 1. The molecule has 1 saturated carbocycles. The lowest BCUT2D eigenvalue weighted by Gasteiger charge is -2.32.